The van der Waals surface area contributed by atoms with Crippen LogP contribution >= 0.6 is 0 Å². The lowest BCUT2D eigenvalue weighted by molar-refractivity contribution is -0.144. The molecule has 5 amide bonds. The van der Waals surface area contributed by atoms with E-state index in [4.69, 9.17) is 23.7 Å². The number of halogens is 1. The van der Waals surface area contributed by atoms with Crippen LogP contribution in [0.15, 0.2) is 67.0 Å². The third-order valence-corrected chi connectivity index (χ3v) is 13.5. The zero-order valence-corrected chi connectivity index (χ0v) is 45.9. The molecule has 0 spiro atoms. The van der Waals surface area contributed by atoms with Gasteiger partial charge in [-0.25, -0.2) is 13.9 Å². The van der Waals surface area contributed by atoms with Crippen LogP contribution in [0.1, 0.15) is 101 Å². The van der Waals surface area contributed by atoms with Gasteiger partial charge in [0, 0.05) is 50.4 Å². The molecule has 0 aliphatic carbocycles. The fourth-order valence-electron chi connectivity index (χ4n) is 9.12. The highest BCUT2D eigenvalue weighted by Crippen LogP contribution is 2.31. The Bertz CT molecular complexity index is 2550. The summed E-state index contributed by atoms with van der Waals surface area (Å²) in [7, 11) is 1.69. The van der Waals surface area contributed by atoms with Crippen molar-refractivity contribution in [3.63, 3.8) is 0 Å². The Morgan fingerprint density at radius 2 is 1.58 bits per heavy atom. The summed E-state index contributed by atoms with van der Waals surface area (Å²) in [5.41, 5.74) is 1.62. The number of aromatic nitrogens is 3. The summed E-state index contributed by atoms with van der Waals surface area (Å²) >= 11 is 0. The number of amides is 5. The van der Waals surface area contributed by atoms with Gasteiger partial charge < -0.3 is 65.4 Å². The molecule has 2 aromatic carbocycles. The first kappa shape index (κ1) is 59.9. The minimum Gasteiger partial charge on any atom is -0.489 e. The van der Waals surface area contributed by atoms with E-state index in [1.807, 2.05) is 71.9 Å². The lowest BCUT2D eigenvalue weighted by Gasteiger charge is -2.36. The topological polar surface area (TPSA) is 240 Å². The van der Waals surface area contributed by atoms with Crippen LogP contribution in [0.2, 0.25) is 0 Å². The predicted octanol–water partition coefficient (Wildman–Crippen LogP) is 3.80. The SMILES string of the molecule is CC[C@@H](NC(=O)[C@@H]1C[C@H](NCCOCCOCCOCCOCCC(=O)NCCN2C[C@H](C)Oc3ccc(F)cc3[C@@H](C)Nc3ccn4ncc(c4n3)C2=O)CN1C(=O)[C@@H](NC(=O)[C@H](C)NC)C(C)(C)C)c1ccccc1. The van der Waals surface area contributed by atoms with E-state index in [1.54, 1.807) is 42.1 Å². The number of likely N-dealkylation sites (N-methyl/N-ethyl adjacent to an activating group) is 1. The van der Waals surface area contributed by atoms with E-state index in [0.717, 1.165) is 5.56 Å². The van der Waals surface area contributed by atoms with Gasteiger partial charge in [-0.05, 0) is 75.9 Å². The molecule has 0 unspecified atom stereocenters. The van der Waals surface area contributed by atoms with Gasteiger partial charge in [-0.2, -0.15) is 5.10 Å². The summed E-state index contributed by atoms with van der Waals surface area (Å²) in [6.07, 6.45) is 3.88. The number of hydrogen-bond donors (Lipinski definition) is 6. The van der Waals surface area contributed by atoms with Gasteiger partial charge in [-0.3, -0.25) is 24.0 Å². The van der Waals surface area contributed by atoms with Crippen molar-refractivity contribution in [1.29, 1.82) is 0 Å². The van der Waals surface area contributed by atoms with Crippen molar-refractivity contribution in [2.45, 2.75) is 110 Å². The van der Waals surface area contributed by atoms with Gasteiger partial charge >= 0.3 is 0 Å². The summed E-state index contributed by atoms with van der Waals surface area (Å²) < 4.78 is 44.9. The highest BCUT2D eigenvalue weighted by molar-refractivity contribution is 6.00. The van der Waals surface area contributed by atoms with Crippen molar-refractivity contribution in [1.82, 2.24) is 51.0 Å². The molecule has 7 atom stereocenters. The van der Waals surface area contributed by atoms with Crippen molar-refractivity contribution in [3.05, 3.63) is 89.5 Å². The first-order chi connectivity index (χ1) is 37.0. The molecule has 0 saturated carbocycles. The molecule has 22 heteroatoms. The third-order valence-electron chi connectivity index (χ3n) is 13.5. The number of ether oxygens (including phenoxy) is 5. The molecule has 2 bridgehead atoms. The Labute approximate surface area is 451 Å². The molecule has 1 fully saturated rings. The van der Waals surface area contributed by atoms with Crippen LogP contribution in [-0.2, 0) is 38.1 Å². The first-order valence-electron chi connectivity index (χ1n) is 26.8. The Kier molecular flexibility index (Phi) is 22.9. The zero-order chi connectivity index (χ0) is 55.5. The van der Waals surface area contributed by atoms with E-state index >= 15 is 0 Å². The molecule has 2 aliphatic heterocycles. The molecule has 21 nitrogen and oxygen atoms in total. The second-order valence-electron chi connectivity index (χ2n) is 20.5. The average molecular weight is 1070 g/mol. The number of fused-ring (bicyclic) bond motifs is 2. The quantitative estimate of drug-likeness (QED) is 0.0466. The summed E-state index contributed by atoms with van der Waals surface area (Å²) in [6.45, 7) is 17.1. The molecule has 4 aromatic rings. The first-order valence-corrected chi connectivity index (χ1v) is 26.8. The van der Waals surface area contributed by atoms with Gasteiger partial charge in [0.15, 0.2) is 5.65 Å². The number of benzene rings is 2. The number of nitrogens with one attached hydrogen (secondary N) is 6. The lowest BCUT2D eigenvalue weighted by atomic mass is 9.85. The highest BCUT2D eigenvalue weighted by Gasteiger charge is 2.45. The monoisotopic (exact) mass is 1070 g/mol. The number of anilines is 1. The molecule has 2 aromatic heterocycles. The molecule has 6 rings (SSSR count). The summed E-state index contributed by atoms with van der Waals surface area (Å²) in [4.78, 5) is 75.9. The number of rotatable bonds is 27. The molecule has 6 N–H and O–H groups in total. The summed E-state index contributed by atoms with van der Waals surface area (Å²) in [6, 6.07) is 13.0. The normalized spacial score (nSPS) is 19.0. The van der Waals surface area contributed by atoms with E-state index in [2.05, 4.69) is 42.0 Å². The molecule has 77 heavy (non-hydrogen) atoms. The molecule has 422 valence electrons. The van der Waals surface area contributed by atoms with Gasteiger partial charge in [0.1, 0.15) is 41.1 Å². The molecular weight excluding hydrogens is 994 g/mol. The van der Waals surface area contributed by atoms with E-state index in [0.29, 0.717) is 93.9 Å². The number of carbonyl (C=O) groups is 5. The Balaban J connectivity index is 0.843. The minimum absolute atomic E-state index is 0.117. The van der Waals surface area contributed by atoms with Gasteiger partial charge in [-0.15, -0.1) is 0 Å². The maximum Gasteiger partial charge on any atom is 0.259 e. The minimum atomic E-state index is -0.853. The average Bonchev–Trinajstić information content (AvgIpc) is 4.05. The molecule has 1 saturated heterocycles. The van der Waals surface area contributed by atoms with Crippen molar-refractivity contribution < 1.29 is 52.0 Å². The maximum atomic E-state index is 14.4. The Hall–Kier alpha value is -6.30. The summed E-state index contributed by atoms with van der Waals surface area (Å²) in [5, 5.41) is 23.0. The molecule has 4 heterocycles. The Morgan fingerprint density at radius 1 is 0.896 bits per heavy atom. The largest absolute Gasteiger partial charge is 0.489 e. The number of carbonyl (C=O) groups excluding carboxylic acids is 5. The van der Waals surface area contributed by atoms with Crippen LogP contribution in [0.4, 0.5) is 10.2 Å². The molecular formula is C55H80FN11O10. The fourth-order valence-corrected chi connectivity index (χ4v) is 9.12. The van der Waals surface area contributed by atoms with Crippen LogP contribution in [0.25, 0.3) is 5.65 Å². The predicted molar refractivity (Wildman–Crippen MR) is 288 cm³/mol. The Morgan fingerprint density at radius 3 is 2.26 bits per heavy atom. The second-order valence-corrected chi connectivity index (χ2v) is 20.5. The zero-order valence-electron chi connectivity index (χ0n) is 45.9. The van der Waals surface area contributed by atoms with E-state index in [-0.39, 0.29) is 86.9 Å². The lowest BCUT2D eigenvalue weighted by Crippen LogP contribution is -2.59. The fraction of sp³-hybridized carbons (Fsp3) is 0.582. The van der Waals surface area contributed by atoms with Crippen LogP contribution in [-0.4, -0.2) is 177 Å². The van der Waals surface area contributed by atoms with Crippen LogP contribution in [0.3, 0.4) is 0 Å². The van der Waals surface area contributed by atoms with E-state index in [9.17, 15) is 28.4 Å². The van der Waals surface area contributed by atoms with Crippen molar-refractivity contribution in [2.75, 3.05) is 97.9 Å². The number of likely N-dealkylation sites (tertiary alicyclic amines) is 1. The standard InChI is InChI=1S/C55H80FN11O10/c1-9-44(39-13-11-10-12-14-39)62-52(70)45-32-41(35-66(45)54(72)49(55(5,6)7)64-51(69)38(4)57-8)58-20-24-74-26-28-76-30-29-75-27-25-73-23-18-48(68)59-19-22-65-34-36(2)77-46-16-15-40(56)31-42(46)37(3)61-47-17-21-67-50(63-47)43(33-60-67)53(65)71/h10-17,21,31,33,36-38,41,44-45,49,57-58H,9,18-20,22-30,32,34-35H2,1-8H3,(H,59,68)(H,61,63)(H,62,70)(H,64,69)/t36-,37+,38-,41-,44+,45-,49+/m0/s1. The van der Waals surface area contributed by atoms with Crippen molar-refractivity contribution >= 4 is 41.0 Å². The van der Waals surface area contributed by atoms with Gasteiger partial charge in [0.05, 0.1) is 83.7 Å². The third kappa shape index (κ3) is 17.6. The smallest absolute Gasteiger partial charge is 0.259 e. The van der Waals surface area contributed by atoms with E-state index < -0.39 is 35.5 Å². The van der Waals surface area contributed by atoms with Gasteiger partial charge in [0.25, 0.3) is 5.91 Å². The van der Waals surface area contributed by atoms with Gasteiger partial charge in [0.2, 0.25) is 23.6 Å². The van der Waals surface area contributed by atoms with Crippen LogP contribution < -0.4 is 36.6 Å². The van der Waals surface area contributed by atoms with Crippen molar-refractivity contribution in [3.8, 4) is 5.75 Å². The van der Waals surface area contributed by atoms with Crippen LogP contribution in [0.5, 0.6) is 5.75 Å². The summed E-state index contributed by atoms with van der Waals surface area (Å²) in [5.74, 6) is -0.835. The maximum absolute atomic E-state index is 14.4. The van der Waals surface area contributed by atoms with E-state index in [1.165, 1.54) is 22.8 Å². The number of nitrogens with zero attached hydrogens (tertiary/aromatic N) is 5. The number of hydrogen-bond acceptors (Lipinski definition) is 15. The van der Waals surface area contributed by atoms with Crippen molar-refractivity contribution in [2.24, 2.45) is 5.41 Å². The molecule has 2 aliphatic rings. The van der Waals surface area contributed by atoms with Crippen LogP contribution in [0, 0.1) is 11.2 Å². The molecule has 0 radical (unpaired) electrons. The second kappa shape index (κ2) is 29.4. The highest BCUT2D eigenvalue weighted by atomic mass is 19.1. The van der Waals surface area contributed by atoms with Gasteiger partial charge in [-0.1, -0.05) is 58.0 Å².